The number of carboxylic acids is 1. The van der Waals surface area contributed by atoms with Crippen LogP contribution in [-0.4, -0.2) is 23.0 Å². The highest BCUT2D eigenvalue weighted by atomic mass is 16.4. The maximum atomic E-state index is 12.6. The molecule has 3 N–H and O–H groups in total. The van der Waals surface area contributed by atoms with Crippen molar-refractivity contribution in [2.24, 2.45) is 0 Å². The molecular weight excluding hydrogens is 412 g/mol. The lowest BCUT2D eigenvalue weighted by Gasteiger charge is -2.18. The number of aliphatic carboxylic acids is 1. The summed E-state index contributed by atoms with van der Waals surface area (Å²) < 4.78 is 0. The van der Waals surface area contributed by atoms with Crippen LogP contribution in [0.3, 0.4) is 0 Å². The highest BCUT2D eigenvalue weighted by Gasteiger charge is 2.19. The third-order valence-corrected chi connectivity index (χ3v) is 5.80. The Kier molecular flexibility index (Phi) is 7.22. The molecular formula is C28H32N2O3. The van der Waals surface area contributed by atoms with E-state index >= 15 is 0 Å². The lowest BCUT2D eigenvalue weighted by Crippen LogP contribution is -2.38. The third-order valence-electron chi connectivity index (χ3n) is 5.80. The topological polar surface area (TPSA) is 78.4 Å². The normalized spacial score (nSPS) is 12.7. The van der Waals surface area contributed by atoms with Crippen molar-refractivity contribution >= 4 is 17.6 Å². The first-order valence-electron chi connectivity index (χ1n) is 11.1. The summed E-state index contributed by atoms with van der Waals surface area (Å²) >= 11 is 0. The van der Waals surface area contributed by atoms with Crippen LogP contribution in [0.15, 0.2) is 54.6 Å². The predicted molar refractivity (Wildman–Crippen MR) is 134 cm³/mol. The Morgan fingerprint density at radius 1 is 0.818 bits per heavy atom. The van der Waals surface area contributed by atoms with Crippen LogP contribution in [0.2, 0.25) is 0 Å². The van der Waals surface area contributed by atoms with E-state index in [2.05, 4.69) is 61.7 Å². The smallest absolute Gasteiger partial charge is 0.325 e. The van der Waals surface area contributed by atoms with Gasteiger partial charge < -0.3 is 15.7 Å². The van der Waals surface area contributed by atoms with E-state index in [9.17, 15) is 9.59 Å². The monoisotopic (exact) mass is 444 g/mol. The summed E-state index contributed by atoms with van der Waals surface area (Å²) in [6.07, 6.45) is 0. The molecule has 172 valence electrons. The average molecular weight is 445 g/mol. The van der Waals surface area contributed by atoms with Gasteiger partial charge in [-0.3, -0.25) is 9.59 Å². The fourth-order valence-electron chi connectivity index (χ4n) is 4.20. The van der Waals surface area contributed by atoms with Crippen molar-refractivity contribution in [2.75, 3.05) is 5.32 Å². The first-order chi connectivity index (χ1) is 15.5. The van der Waals surface area contributed by atoms with Crippen molar-refractivity contribution in [1.82, 2.24) is 5.32 Å². The largest absolute Gasteiger partial charge is 0.480 e. The van der Waals surface area contributed by atoms with Crippen LogP contribution in [-0.2, 0) is 4.79 Å². The third kappa shape index (κ3) is 5.80. The Bertz CT molecular complexity index is 1160. The van der Waals surface area contributed by atoms with Gasteiger partial charge in [-0.15, -0.1) is 0 Å². The molecule has 33 heavy (non-hydrogen) atoms. The molecule has 2 atom stereocenters. The molecule has 0 heterocycles. The molecule has 0 aliphatic rings. The fourth-order valence-corrected chi connectivity index (χ4v) is 4.20. The van der Waals surface area contributed by atoms with E-state index in [1.807, 2.05) is 38.1 Å². The van der Waals surface area contributed by atoms with E-state index < -0.39 is 12.0 Å². The summed E-state index contributed by atoms with van der Waals surface area (Å²) in [6, 6.07) is 18.0. The summed E-state index contributed by atoms with van der Waals surface area (Å²) in [5, 5.41) is 15.2. The second-order valence-electron chi connectivity index (χ2n) is 8.89. The first-order valence-corrected chi connectivity index (χ1v) is 11.1. The molecule has 5 nitrogen and oxygen atoms in total. The van der Waals surface area contributed by atoms with Crippen LogP contribution in [0.1, 0.15) is 58.1 Å². The van der Waals surface area contributed by atoms with E-state index in [0.717, 1.165) is 27.9 Å². The van der Waals surface area contributed by atoms with Crippen LogP contribution >= 0.6 is 0 Å². The minimum Gasteiger partial charge on any atom is -0.480 e. The zero-order valence-corrected chi connectivity index (χ0v) is 20.1. The SMILES string of the molecule is Cc1cc(C)cc(C(C)Nc2cccc(-c3cc(C)c(C(=O)NC(C)C(=O)O)c(C)c3)c2)c1. The molecule has 2 unspecified atom stereocenters. The number of carbonyl (C=O) groups is 2. The highest BCUT2D eigenvalue weighted by molar-refractivity contribution is 5.99. The van der Waals surface area contributed by atoms with Gasteiger partial charge in [0.2, 0.25) is 0 Å². The van der Waals surface area contributed by atoms with Crippen molar-refractivity contribution in [1.29, 1.82) is 0 Å². The van der Waals surface area contributed by atoms with Crippen molar-refractivity contribution in [2.45, 2.75) is 53.6 Å². The zero-order chi connectivity index (χ0) is 24.3. The average Bonchev–Trinajstić information content (AvgIpc) is 2.72. The lowest BCUT2D eigenvalue weighted by atomic mass is 9.94. The molecule has 0 aliphatic heterocycles. The standard InChI is InChI=1S/C28H32N2O3/c1-16-10-17(2)12-23(11-16)20(5)29-25-9-7-8-22(15-25)24-13-18(3)26(19(4)14-24)27(31)30-21(6)28(32)33/h7-15,20-21,29H,1-6H3,(H,30,31)(H,32,33). The summed E-state index contributed by atoms with van der Waals surface area (Å²) in [6.45, 7) is 11.6. The number of benzene rings is 3. The number of carboxylic acid groups (broad SMARTS) is 1. The number of hydrogen-bond acceptors (Lipinski definition) is 3. The van der Waals surface area contributed by atoms with Crippen molar-refractivity contribution in [3.8, 4) is 11.1 Å². The van der Waals surface area contributed by atoms with Crippen LogP contribution in [0.5, 0.6) is 0 Å². The molecule has 0 bridgehead atoms. The van der Waals surface area contributed by atoms with Gasteiger partial charge >= 0.3 is 5.97 Å². The molecule has 0 spiro atoms. The molecule has 3 aromatic rings. The van der Waals surface area contributed by atoms with E-state index in [-0.39, 0.29) is 11.9 Å². The van der Waals surface area contributed by atoms with Crippen molar-refractivity contribution in [3.63, 3.8) is 0 Å². The van der Waals surface area contributed by atoms with Crippen LogP contribution < -0.4 is 10.6 Å². The van der Waals surface area contributed by atoms with E-state index in [0.29, 0.717) is 5.56 Å². The van der Waals surface area contributed by atoms with Crippen molar-refractivity contribution < 1.29 is 14.7 Å². The summed E-state index contributed by atoms with van der Waals surface area (Å²) in [5.74, 6) is -1.43. The quantitative estimate of drug-likeness (QED) is 0.420. The van der Waals surface area contributed by atoms with E-state index in [1.54, 1.807) is 0 Å². The zero-order valence-electron chi connectivity index (χ0n) is 20.1. The lowest BCUT2D eigenvalue weighted by molar-refractivity contribution is -0.138. The number of nitrogens with one attached hydrogen (secondary N) is 2. The van der Waals surface area contributed by atoms with Crippen LogP contribution in [0.4, 0.5) is 5.69 Å². The van der Waals surface area contributed by atoms with Gasteiger partial charge in [-0.05, 0) is 81.5 Å². The van der Waals surface area contributed by atoms with Gasteiger partial charge in [0, 0.05) is 17.3 Å². The molecule has 0 aromatic heterocycles. The number of rotatable bonds is 7. The molecule has 1 amide bonds. The van der Waals surface area contributed by atoms with E-state index in [1.165, 1.54) is 23.6 Å². The number of amides is 1. The molecule has 0 saturated heterocycles. The van der Waals surface area contributed by atoms with Gasteiger partial charge in [-0.2, -0.15) is 0 Å². The Morgan fingerprint density at radius 2 is 1.42 bits per heavy atom. The molecule has 3 rings (SSSR count). The number of anilines is 1. The molecule has 3 aromatic carbocycles. The van der Waals surface area contributed by atoms with Gasteiger partial charge in [0.25, 0.3) is 5.91 Å². The summed E-state index contributed by atoms with van der Waals surface area (Å²) in [5.41, 5.74) is 8.96. The van der Waals surface area contributed by atoms with Crippen LogP contribution in [0, 0.1) is 27.7 Å². The molecule has 0 saturated carbocycles. The van der Waals surface area contributed by atoms with Crippen LogP contribution in [0.25, 0.3) is 11.1 Å². The molecule has 0 radical (unpaired) electrons. The molecule has 0 aliphatic carbocycles. The predicted octanol–water partition coefficient (Wildman–Crippen LogP) is 5.96. The van der Waals surface area contributed by atoms with Gasteiger partial charge in [0.1, 0.15) is 6.04 Å². The Balaban J connectivity index is 1.85. The summed E-state index contributed by atoms with van der Waals surface area (Å²) in [4.78, 5) is 23.7. The fraction of sp³-hybridized carbons (Fsp3) is 0.286. The number of aryl methyl sites for hydroxylation is 4. The number of carbonyl (C=O) groups excluding carboxylic acids is 1. The second kappa shape index (κ2) is 9.90. The first kappa shape index (κ1) is 24.1. The maximum absolute atomic E-state index is 12.6. The number of hydrogen-bond donors (Lipinski definition) is 3. The molecule has 0 fully saturated rings. The van der Waals surface area contributed by atoms with Gasteiger partial charge in [0.05, 0.1) is 0 Å². The minimum absolute atomic E-state index is 0.157. The van der Waals surface area contributed by atoms with Gasteiger partial charge in [-0.25, -0.2) is 0 Å². The van der Waals surface area contributed by atoms with Crippen molar-refractivity contribution in [3.05, 3.63) is 88.0 Å². The van der Waals surface area contributed by atoms with Gasteiger partial charge in [0.15, 0.2) is 0 Å². The van der Waals surface area contributed by atoms with E-state index in [4.69, 9.17) is 5.11 Å². The highest BCUT2D eigenvalue weighted by Crippen LogP contribution is 2.29. The Hall–Kier alpha value is -3.60. The summed E-state index contributed by atoms with van der Waals surface area (Å²) in [7, 11) is 0. The molecule has 5 heteroatoms. The second-order valence-corrected chi connectivity index (χ2v) is 8.89. The van der Waals surface area contributed by atoms with Gasteiger partial charge in [-0.1, -0.05) is 53.6 Å². The maximum Gasteiger partial charge on any atom is 0.325 e. The Labute approximate surface area is 195 Å². The minimum atomic E-state index is -1.06. The Morgan fingerprint density at radius 3 is 2.00 bits per heavy atom.